The fourth-order valence-corrected chi connectivity index (χ4v) is 3.25. The molecule has 0 spiro atoms. The van der Waals surface area contributed by atoms with E-state index < -0.39 is 0 Å². The van der Waals surface area contributed by atoms with Crippen molar-refractivity contribution in [1.82, 2.24) is 24.0 Å². The molecule has 0 aliphatic rings. The smallest absolute Gasteiger partial charge is 0.262 e. The van der Waals surface area contributed by atoms with Gasteiger partial charge in [0.05, 0.1) is 22.8 Å². The molecule has 0 unspecified atom stereocenters. The van der Waals surface area contributed by atoms with Crippen LogP contribution in [-0.4, -0.2) is 29.9 Å². The number of nitrogens with zero attached hydrogens (tertiary/aromatic N) is 5. The summed E-state index contributed by atoms with van der Waals surface area (Å²) >= 11 is 0. The van der Waals surface area contributed by atoms with Crippen molar-refractivity contribution in [2.24, 2.45) is 0 Å². The number of rotatable bonds is 4. The third kappa shape index (κ3) is 2.88. The lowest BCUT2D eigenvalue weighted by Gasteiger charge is -2.13. The van der Waals surface area contributed by atoms with Crippen molar-refractivity contribution in [1.29, 1.82) is 0 Å². The van der Waals surface area contributed by atoms with Crippen LogP contribution in [-0.2, 0) is 11.3 Å². The number of carbonyl (C=O) groups is 1. The van der Waals surface area contributed by atoms with Crippen molar-refractivity contribution in [3.8, 4) is 0 Å². The normalized spacial score (nSPS) is 11.6. The zero-order valence-electron chi connectivity index (χ0n) is 15.4. The standard InChI is InChI=1S/C19H20N6O2/c1-12(2)24-16(8-9-20-24)21-17(26)11-23-18-10-13(3)22-25(18)15-7-5-4-6-14(15)19(23)27/h4-10,12H,11H2,1-3H3,(H,21,26). The van der Waals surface area contributed by atoms with Gasteiger partial charge in [-0.15, -0.1) is 0 Å². The van der Waals surface area contributed by atoms with Crippen molar-refractivity contribution in [2.75, 3.05) is 5.32 Å². The van der Waals surface area contributed by atoms with Gasteiger partial charge < -0.3 is 5.32 Å². The molecule has 0 fully saturated rings. The SMILES string of the molecule is Cc1cc2n(CC(=O)Nc3ccnn3C(C)C)c(=O)c3ccccc3n2n1. The van der Waals surface area contributed by atoms with E-state index in [0.717, 1.165) is 11.2 Å². The molecule has 8 heteroatoms. The Kier molecular flexibility index (Phi) is 4.02. The Morgan fingerprint density at radius 1 is 1.22 bits per heavy atom. The predicted octanol–water partition coefficient (Wildman–Crippen LogP) is 2.37. The zero-order chi connectivity index (χ0) is 19.1. The van der Waals surface area contributed by atoms with Crippen LogP contribution in [0.15, 0.2) is 47.4 Å². The Morgan fingerprint density at radius 3 is 2.78 bits per heavy atom. The van der Waals surface area contributed by atoms with Gasteiger partial charge in [-0.05, 0) is 32.9 Å². The molecule has 0 bridgehead atoms. The van der Waals surface area contributed by atoms with Gasteiger partial charge >= 0.3 is 0 Å². The molecule has 27 heavy (non-hydrogen) atoms. The second kappa shape index (κ2) is 6.39. The van der Waals surface area contributed by atoms with Gasteiger partial charge in [-0.2, -0.15) is 10.2 Å². The topological polar surface area (TPSA) is 86.2 Å². The monoisotopic (exact) mass is 364 g/mol. The first kappa shape index (κ1) is 17.0. The molecule has 0 radical (unpaired) electrons. The fourth-order valence-electron chi connectivity index (χ4n) is 3.25. The third-order valence-electron chi connectivity index (χ3n) is 4.43. The van der Waals surface area contributed by atoms with Gasteiger partial charge in [0.25, 0.3) is 5.56 Å². The van der Waals surface area contributed by atoms with E-state index in [0.29, 0.717) is 16.9 Å². The van der Waals surface area contributed by atoms with Crippen LogP contribution in [0.5, 0.6) is 0 Å². The number of nitrogens with one attached hydrogen (secondary N) is 1. The van der Waals surface area contributed by atoms with E-state index in [4.69, 9.17) is 0 Å². The molecule has 3 aromatic heterocycles. The highest BCUT2D eigenvalue weighted by Gasteiger charge is 2.16. The summed E-state index contributed by atoms with van der Waals surface area (Å²) in [6.45, 7) is 5.71. The molecule has 4 aromatic rings. The quantitative estimate of drug-likeness (QED) is 0.602. The molecule has 0 saturated heterocycles. The maximum Gasteiger partial charge on any atom is 0.262 e. The molecule has 0 aliphatic carbocycles. The summed E-state index contributed by atoms with van der Waals surface area (Å²) in [5.74, 6) is 0.306. The molecule has 1 N–H and O–H groups in total. The van der Waals surface area contributed by atoms with Crippen LogP contribution in [0.3, 0.4) is 0 Å². The van der Waals surface area contributed by atoms with Crippen molar-refractivity contribution in [2.45, 2.75) is 33.4 Å². The largest absolute Gasteiger partial charge is 0.309 e. The number of aromatic nitrogens is 5. The molecule has 3 heterocycles. The molecule has 138 valence electrons. The lowest BCUT2D eigenvalue weighted by Crippen LogP contribution is -2.30. The maximum absolute atomic E-state index is 13.0. The lowest BCUT2D eigenvalue weighted by atomic mass is 10.2. The van der Waals surface area contributed by atoms with Crippen LogP contribution in [0.4, 0.5) is 5.82 Å². The van der Waals surface area contributed by atoms with Crippen molar-refractivity contribution in [3.05, 3.63) is 58.6 Å². The minimum Gasteiger partial charge on any atom is -0.309 e. The third-order valence-corrected chi connectivity index (χ3v) is 4.43. The van der Waals surface area contributed by atoms with E-state index in [2.05, 4.69) is 15.5 Å². The minimum absolute atomic E-state index is 0.110. The van der Waals surface area contributed by atoms with Gasteiger partial charge in [-0.1, -0.05) is 12.1 Å². The summed E-state index contributed by atoms with van der Waals surface area (Å²) < 4.78 is 4.88. The highest BCUT2D eigenvalue weighted by atomic mass is 16.2. The first-order valence-corrected chi connectivity index (χ1v) is 8.77. The molecule has 1 aromatic carbocycles. The minimum atomic E-state index is -0.296. The van der Waals surface area contributed by atoms with Gasteiger partial charge in [0.1, 0.15) is 18.0 Å². The lowest BCUT2D eigenvalue weighted by molar-refractivity contribution is -0.116. The Labute approximate surface area is 155 Å². The molecule has 8 nitrogen and oxygen atoms in total. The van der Waals surface area contributed by atoms with Crippen LogP contribution in [0.2, 0.25) is 0 Å². The predicted molar refractivity (Wildman–Crippen MR) is 103 cm³/mol. The number of carbonyl (C=O) groups excluding carboxylic acids is 1. The maximum atomic E-state index is 13.0. The van der Waals surface area contributed by atoms with Gasteiger partial charge in [0, 0.05) is 18.2 Å². The summed E-state index contributed by atoms with van der Waals surface area (Å²) in [5.41, 5.74) is 1.87. The Hall–Kier alpha value is -3.42. The Bertz CT molecular complexity index is 1210. The number of amides is 1. The molecule has 0 atom stereocenters. The van der Waals surface area contributed by atoms with Gasteiger partial charge in [0.15, 0.2) is 0 Å². The van der Waals surface area contributed by atoms with Crippen LogP contribution in [0, 0.1) is 6.92 Å². The number of hydrogen-bond acceptors (Lipinski definition) is 4. The molecular weight excluding hydrogens is 344 g/mol. The van der Waals surface area contributed by atoms with E-state index in [1.807, 2.05) is 32.9 Å². The highest BCUT2D eigenvalue weighted by molar-refractivity contribution is 5.90. The number of fused-ring (bicyclic) bond motifs is 3. The van der Waals surface area contributed by atoms with Crippen LogP contribution < -0.4 is 10.9 Å². The highest BCUT2D eigenvalue weighted by Crippen LogP contribution is 2.16. The second-order valence-electron chi connectivity index (χ2n) is 6.77. The summed E-state index contributed by atoms with van der Waals surface area (Å²) in [4.78, 5) is 25.6. The average Bonchev–Trinajstić information content (AvgIpc) is 3.25. The summed E-state index contributed by atoms with van der Waals surface area (Å²) in [5, 5.41) is 12.0. The van der Waals surface area contributed by atoms with Gasteiger partial charge in [0.2, 0.25) is 5.91 Å². The molecular formula is C19H20N6O2. The molecule has 0 aliphatic heterocycles. The van der Waals surface area contributed by atoms with Crippen LogP contribution in [0.1, 0.15) is 25.6 Å². The van der Waals surface area contributed by atoms with E-state index in [1.54, 1.807) is 39.7 Å². The van der Waals surface area contributed by atoms with E-state index in [9.17, 15) is 9.59 Å². The number of anilines is 1. The summed E-state index contributed by atoms with van der Waals surface area (Å²) in [6.07, 6.45) is 1.64. The molecule has 1 amide bonds. The average molecular weight is 364 g/mol. The number of para-hydroxylation sites is 1. The fraction of sp³-hybridized carbons (Fsp3) is 0.263. The Balaban J connectivity index is 1.77. The number of benzene rings is 1. The second-order valence-corrected chi connectivity index (χ2v) is 6.77. The first-order valence-electron chi connectivity index (χ1n) is 8.77. The van der Waals surface area contributed by atoms with Crippen LogP contribution >= 0.6 is 0 Å². The number of hydrogen-bond donors (Lipinski definition) is 1. The first-order chi connectivity index (χ1) is 13.0. The zero-order valence-corrected chi connectivity index (χ0v) is 15.4. The summed E-state index contributed by atoms with van der Waals surface area (Å²) in [6, 6.07) is 10.9. The molecule has 0 saturated carbocycles. The van der Waals surface area contributed by atoms with Crippen molar-refractivity contribution >= 4 is 28.3 Å². The van der Waals surface area contributed by atoms with E-state index in [1.165, 1.54) is 4.57 Å². The van der Waals surface area contributed by atoms with E-state index >= 15 is 0 Å². The van der Waals surface area contributed by atoms with Gasteiger partial charge in [-0.25, -0.2) is 9.20 Å². The number of aryl methyl sites for hydroxylation is 1. The summed E-state index contributed by atoms with van der Waals surface area (Å²) in [7, 11) is 0. The van der Waals surface area contributed by atoms with Crippen molar-refractivity contribution in [3.63, 3.8) is 0 Å². The van der Waals surface area contributed by atoms with Gasteiger partial charge in [-0.3, -0.25) is 14.2 Å². The Morgan fingerprint density at radius 2 is 2.00 bits per heavy atom. The van der Waals surface area contributed by atoms with E-state index in [-0.39, 0.29) is 24.1 Å². The van der Waals surface area contributed by atoms with Crippen LogP contribution in [0.25, 0.3) is 16.6 Å². The van der Waals surface area contributed by atoms with Crippen molar-refractivity contribution < 1.29 is 4.79 Å². The molecule has 4 rings (SSSR count).